The fourth-order valence-corrected chi connectivity index (χ4v) is 2.83. The Morgan fingerprint density at radius 3 is 2.75 bits per heavy atom. The summed E-state index contributed by atoms with van der Waals surface area (Å²) in [7, 11) is 0. The highest BCUT2D eigenvalue weighted by Crippen LogP contribution is 2.26. The van der Waals surface area contributed by atoms with Gasteiger partial charge in [-0.05, 0) is 31.2 Å². The first-order valence-electron chi connectivity index (χ1n) is 8.26. The third-order valence-corrected chi connectivity index (χ3v) is 4.17. The molecule has 0 aliphatic rings. The quantitative estimate of drug-likeness (QED) is 0.502. The van der Waals surface area contributed by atoms with Crippen LogP contribution in [0.4, 0.5) is 0 Å². The van der Waals surface area contributed by atoms with Crippen molar-refractivity contribution in [1.29, 1.82) is 5.26 Å². The van der Waals surface area contributed by atoms with Gasteiger partial charge in [-0.3, -0.25) is 9.36 Å². The van der Waals surface area contributed by atoms with Crippen molar-refractivity contribution < 1.29 is 13.9 Å². The van der Waals surface area contributed by atoms with Crippen LogP contribution in [0.15, 0.2) is 58.0 Å². The molecule has 9 heteroatoms. The zero-order valence-electron chi connectivity index (χ0n) is 14.7. The predicted octanol–water partition coefficient (Wildman–Crippen LogP) is 2.17. The standard InChI is InChI=1S/C19H13N5O4/c1-12-16(14(10-20)18(28-12)23-8-4-5-9-23)19(26)27-11-24-17(25)13-6-2-3-7-15(13)21-22-24/h2-9H,11H2,1H3. The Balaban J connectivity index is 1.63. The molecule has 0 radical (unpaired) electrons. The van der Waals surface area contributed by atoms with Crippen LogP contribution in [0, 0.1) is 18.3 Å². The maximum atomic E-state index is 12.6. The number of nitrogens with zero attached hydrogens (tertiary/aromatic N) is 5. The van der Waals surface area contributed by atoms with Crippen LogP contribution in [0.3, 0.4) is 0 Å². The first-order chi connectivity index (χ1) is 13.6. The Labute approximate surface area is 158 Å². The second-order valence-corrected chi connectivity index (χ2v) is 5.89. The molecule has 0 N–H and O–H groups in total. The Kier molecular flexibility index (Phi) is 4.21. The lowest BCUT2D eigenvalue weighted by atomic mass is 10.1. The Morgan fingerprint density at radius 2 is 2.00 bits per heavy atom. The highest BCUT2D eigenvalue weighted by molar-refractivity contribution is 5.94. The first-order valence-corrected chi connectivity index (χ1v) is 8.26. The minimum absolute atomic E-state index is 0.00740. The van der Waals surface area contributed by atoms with Crippen molar-refractivity contribution in [2.24, 2.45) is 0 Å². The van der Waals surface area contributed by atoms with Gasteiger partial charge in [-0.1, -0.05) is 17.3 Å². The van der Waals surface area contributed by atoms with Gasteiger partial charge in [-0.15, -0.1) is 5.10 Å². The van der Waals surface area contributed by atoms with Crippen LogP contribution in [0.2, 0.25) is 0 Å². The van der Waals surface area contributed by atoms with Gasteiger partial charge in [0.05, 0.1) is 5.39 Å². The zero-order valence-corrected chi connectivity index (χ0v) is 14.7. The normalized spacial score (nSPS) is 10.7. The average molecular weight is 375 g/mol. The summed E-state index contributed by atoms with van der Waals surface area (Å²) in [6.07, 6.45) is 3.39. The van der Waals surface area contributed by atoms with Crippen LogP contribution in [-0.2, 0) is 11.5 Å². The predicted molar refractivity (Wildman–Crippen MR) is 96.7 cm³/mol. The Hall–Kier alpha value is -4.19. The number of hydrogen-bond acceptors (Lipinski definition) is 7. The molecule has 0 aliphatic carbocycles. The molecule has 28 heavy (non-hydrogen) atoms. The van der Waals surface area contributed by atoms with E-state index in [4.69, 9.17) is 9.15 Å². The third-order valence-electron chi connectivity index (χ3n) is 4.17. The van der Waals surface area contributed by atoms with Crippen molar-refractivity contribution in [3.05, 3.63) is 76.0 Å². The number of fused-ring (bicyclic) bond motifs is 1. The van der Waals surface area contributed by atoms with Gasteiger partial charge in [0.2, 0.25) is 5.88 Å². The molecule has 3 aromatic heterocycles. The number of rotatable bonds is 4. The van der Waals surface area contributed by atoms with Gasteiger partial charge < -0.3 is 9.15 Å². The number of ether oxygens (including phenoxy) is 1. The number of carbonyl (C=O) groups is 1. The summed E-state index contributed by atoms with van der Waals surface area (Å²) in [4.78, 5) is 25.0. The maximum Gasteiger partial charge on any atom is 0.344 e. The number of nitriles is 1. The maximum absolute atomic E-state index is 12.6. The number of esters is 1. The molecule has 4 rings (SSSR count). The smallest absolute Gasteiger partial charge is 0.344 e. The van der Waals surface area contributed by atoms with E-state index in [0.717, 1.165) is 4.68 Å². The Morgan fingerprint density at radius 1 is 1.25 bits per heavy atom. The molecule has 0 atom stereocenters. The van der Waals surface area contributed by atoms with Crippen molar-refractivity contribution in [1.82, 2.24) is 19.6 Å². The number of aromatic nitrogens is 4. The molecule has 3 heterocycles. The van der Waals surface area contributed by atoms with E-state index in [-0.39, 0.29) is 22.8 Å². The van der Waals surface area contributed by atoms with E-state index in [1.54, 1.807) is 60.3 Å². The zero-order chi connectivity index (χ0) is 19.7. The van der Waals surface area contributed by atoms with Crippen LogP contribution < -0.4 is 5.56 Å². The van der Waals surface area contributed by atoms with Crippen molar-refractivity contribution in [2.75, 3.05) is 0 Å². The van der Waals surface area contributed by atoms with Crippen molar-refractivity contribution in [3.63, 3.8) is 0 Å². The molecule has 1 aromatic carbocycles. The van der Waals surface area contributed by atoms with E-state index < -0.39 is 18.3 Å². The molecule has 0 saturated heterocycles. The molecule has 0 bridgehead atoms. The van der Waals surface area contributed by atoms with Crippen LogP contribution in [0.1, 0.15) is 21.7 Å². The molecule has 0 aliphatic heterocycles. The highest BCUT2D eigenvalue weighted by atomic mass is 16.5. The van der Waals surface area contributed by atoms with Crippen molar-refractivity contribution in [3.8, 4) is 12.0 Å². The topological polar surface area (TPSA) is 116 Å². The first kappa shape index (κ1) is 17.2. The van der Waals surface area contributed by atoms with Crippen LogP contribution >= 0.6 is 0 Å². The van der Waals surface area contributed by atoms with Gasteiger partial charge >= 0.3 is 5.97 Å². The summed E-state index contributed by atoms with van der Waals surface area (Å²) in [6, 6.07) is 12.2. The van der Waals surface area contributed by atoms with E-state index in [0.29, 0.717) is 10.9 Å². The summed E-state index contributed by atoms with van der Waals surface area (Å²) in [5, 5.41) is 17.6. The van der Waals surface area contributed by atoms with E-state index in [1.807, 2.05) is 6.07 Å². The molecule has 0 unspecified atom stereocenters. The summed E-state index contributed by atoms with van der Waals surface area (Å²) in [6.45, 7) is 1.12. The fraction of sp³-hybridized carbons (Fsp3) is 0.105. The van der Waals surface area contributed by atoms with Crippen LogP contribution in [-0.4, -0.2) is 25.5 Å². The van der Waals surface area contributed by atoms with E-state index in [9.17, 15) is 14.9 Å². The molecular weight excluding hydrogens is 362 g/mol. The fourth-order valence-electron chi connectivity index (χ4n) is 2.83. The third kappa shape index (κ3) is 2.83. The molecule has 0 saturated carbocycles. The minimum Gasteiger partial charge on any atom is -0.443 e. The van der Waals surface area contributed by atoms with Gasteiger partial charge in [0.25, 0.3) is 5.56 Å². The summed E-state index contributed by atoms with van der Waals surface area (Å²) in [5.41, 5.74) is 0.0726. The second kappa shape index (κ2) is 6.85. The highest BCUT2D eigenvalue weighted by Gasteiger charge is 2.26. The lowest BCUT2D eigenvalue weighted by molar-refractivity contribution is 0.0334. The van der Waals surface area contributed by atoms with Crippen molar-refractivity contribution >= 4 is 16.9 Å². The van der Waals surface area contributed by atoms with Gasteiger partial charge in [-0.2, -0.15) is 9.94 Å². The lowest BCUT2D eigenvalue weighted by Gasteiger charge is -2.06. The SMILES string of the molecule is Cc1oc(-n2cccc2)c(C#N)c1C(=O)OCn1nnc2ccccc2c1=O. The van der Waals surface area contributed by atoms with Crippen molar-refractivity contribution in [2.45, 2.75) is 13.7 Å². The molecule has 0 spiro atoms. The average Bonchev–Trinajstić information content (AvgIpc) is 3.34. The lowest BCUT2D eigenvalue weighted by Crippen LogP contribution is -2.26. The minimum atomic E-state index is -0.793. The number of carbonyl (C=O) groups excluding carboxylic acids is 1. The molecule has 0 fully saturated rings. The monoisotopic (exact) mass is 375 g/mol. The van der Waals surface area contributed by atoms with E-state index in [2.05, 4.69) is 10.3 Å². The molecule has 138 valence electrons. The van der Waals surface area contributed by atoms with Gasteiger partial charge in [0, 0.05) is 12.4 Å². The largest absolute Gasteiger partial charge is 0.443 e. The summed E-state index contributed by atoms with van der Waals surface area (Å²) in [5.74, 6) is -0.333. The van der Waals surface area contributed by atoms with Crippen LogP contribution in [0.25, 0.3) is 16.8 Å². The van der Waals surface area contributed by atoms with Gasteiger partial charge in [0.1, 0.15) is 28.5 Å². The molecular formula is C19H13N5O4. The second-order valence-electron chi connectivity index (χ2n) is 5.89. The molecule has 4 aromatic rings. The number of furan rings is 1. The summed E-state index contributed by atoms with van der Waals surface area (Å²) >= 11 is 0. The van der Waals surface area contributed by atoms with E-state index >= 15 is 0 Å². The number of benzene rings is 1. The van der Waals surface area contributed by atoms with E-state index in [1.165, 1.54) is 0 Å². The molecule has 9 nitrogen and oxygen atoms in total. The van der Waals surface area contributed by atoms with Crippen LogP contribution in [0.5, 0.6) is 0 Å². The summed E-state index contributed by atoms with van der Waals surface area (Å²) < 4.78 is 13.3. The van der Waals surface area contributed by atoms with Gasteiger partial charge in [0.15, 0.2) is 6.73 Å². The number of hydrogen-bond donors (Lipinski definition) is 0. The van der Waals surface area contributed by atoms with Gasteiger partial charge in [-0.25, -0.2) is 4.79 Å². The number of aryl methyl sites for hydroxylation is 1. The Bertz CT molecular complexity index is 1280. The molecule has 0 amide bonds.